The largest absolute Gasteiger partial charge is 0.396 e. The molecule has 1 aromatic carbocycles. The molecule has 2 rings (SSSR count). The molecule has 5 nitrogen and oxygen atoms in total. The third-order valence-electron chi connectivity index (χ3n) is 4.19. The van der Waals surface area contributed by atoms with Crippen LogP contribution in [0.3, 0.4) is 0 Å². The standard InChI is InChI=1S/C16H25N3O2/c1-12(19-8-2-3-14(10-19)11-20)16(21)18-15-6-4-13(9-17)5-7-15/h4-7,12,14,20H,2-3,8-11,17H2,1H3,(H,18,21). The van der Waals surface area contributed by atoms with Gasteiger partial charge in [-0.2, -0.15) is 0 Å². The SMILES string of the molecule is CC(C(=O)Nc1ccc(CN)cc1)N1CCCC(CO)C1. The van der Waals surface area contributed by atoms with Crippen molar-refractivity contribution < 1.29 is 9.90 Å². The summed E-state index contributed by atoms with van der Waals surface area (Å²) in [6.45, 7) is 4.32. The first kappa shape index (κ1) is 15.9. The Balaban J connectivity index is 1.92. The third kappa shape index (κ3) is 4.27. The van der Waals surface area contributed by atoms with Gasteiger partial charge in [-0.3, -0.25) is 9.69 Å². The third-order valence-corrected chi connectivity index (χ3v) is 4.19. The van der Waals surface area contributed by atoms with E-state index in [1.165, 1.54) is 0 Å². The maximum absolute atomic E-state index is 12.3. The quantitative estimate of drug-likeness (QED) is 0.761. The van der Waals surface area contributed by atoms with Gasteiger partial charge in [0.15, 0.2) is 0 Å². The number of hydrogen-bond donors (Lipinski definition) is 3. The molecule has 2 atom stereocenters. The number of anilines is 1. The topological polar surface area (TPSA) is 78.6 Å². The fraction of sp³-hybridized carbons (Fsp3) is 0.562. The number of piperidine rings is 1. The summed E-state index contributed by atoms with van der Waals surface area (Å²) in [4.78, 5) is 14.5. The summed E-state index contributed by atoms with van der Waals surface area (Å²) in [5.41, 5.74) is 7.39. The Hall–Kier alpha value is -1.43. The van der Waals surface area contributed by atoms with Gasteiger partial charge in [-0.25, -0.2) is 0 Å². The lowest BCUT2D eigenvalue weighted by Gasteiger charge is -2.35. The summed E-state index contributed by atoms with van der Waals surface area (Å²) in [6.07, 6.45) is 2.08. The first-order valence-electron chi connectivity index (χ1n) is 7.58. The second kappa shape index (κ2) is 7.54. The fourth-order valence-corrected chi connectivity index (χ4v) is 2.73. The zero-order chi connectivity index (χ0) is 15.2. The van der Waals surface area contributed by atoms with Crippen LogP contribution in [0.25, 0.3) is 0 Å². The van der Waals surface area contributed by atoms with Gasteiger partial charge in [-0.05, 0) is 49.9 Å². The molecule has 1 fully saturated rings. The number of nitrogens with zero attached hydrogens (tertiary/aromatic N) is 1. The molecule has 0 aromatic heterocycles. The minimum atomic E-state index is -0.187. The van der Waals surface area contributed by atoms with Crippen molar-refractivity contribution in [2.75, 3.05) is 25.0 Å². The minimum absolute atomic E-state index is 0.00547. The highest BCUT2D eigenvalue weighted by molar-refractivity contribution is 5.94. The first-order valence-corrected chi connectivity index (χ1v) is 7.58. The van der Waals surface area contributed by atoms with Crippen LogP contribution in [0.15, 0.2) is 24.3 Å². The second-order valence-electron chi connectivity index (χ2n) is 5.75. The highest BCUT2D eigenvalue weighted by Gasteiger charge is 2.27. The molecule has 0 aliphatic carbocycles. The lowest BCUT2D eigenvalue weighted by atomic mass is 9.97. The Labute approximate surface area is 126 Å². The molecule has 116 valence electrons. The minimum Gasteiger partial charge on any atom is -0.396 e. The lowest BCUT2D eigenvalue weighted by molar-refractivity contribution is -0.121. The van der Waals surface area contributed by atoms with Crippen molar-refractivity contribution in [3.63, 3.8) is 0 Å². The zero-order valence-corrected chi connectivity index (χ0v) is 12.6. The highest BCUT2D eigenvalue weighted by atomic mass is 16.3. The molecule has 0 bridgehead atoms. The van der Waals surface area contributed by atoms with E-state index in [4.69, 9.17) is 5.73 Å². The Bertz CT molecular complexity index is 461. The van der Waals surface area contributed by atoms with Crippen molar-refractivity contribution in [3.05, 3.63) is 29.8 Å². The van der Waals surface area contributed by atoms with E-state index in [-0.39, 0.29) is 24.5 Å². The van der Waals surface area contributed by atoms with Gasteiger partial charge in [-0.15, -0.1) is 0 Å². The van der Waals surface area contributed by atoms with Gasteiger partial charge in [-0.1, -0.05) is 12.1 Å². The molecule has 5 heteroatoms. The van der Waals surface area contributed by atoms with Gasteiger partial charge in [0.2, 0.25) is 5.91 Å². The molecule has 0 radical (unpaired) electrons. The van der Waals surface area contributed by atoms with Crippen molar-refractivity contribution in [2.45, 2.75) is 32.4 Å². The van der Waals surface area contributed by atoms with Crippen molar-refractivity contribution in [1.82, 2.24) is 4.90 Å². The molecule has 1 aromatic rings. The Kier molecular flexibility index (Phi) is 5.73. The summed E-state index contributed by atoms with van der Waals surface area (Å²) in [5, 5.41) is 12.2. The average molecular weight is 291 g/mol. The van der Waals surface area contributed by atoms with E-state index in [1.807, 2.05) is 31.2 Å². The number of carbonyl (C=O) groups excluding carboxylic acids is 1. The molecule has 1 saturated heterocycles. The summed E-state index contributed by atoms with van der Waals surface area (Å²) >= 11 is 0. The van der Waals surface area contributed by atoms with Crippen molar-refractivity contribution in [1.29, 1.82) is 0 Å². The van der Waals surface area contributed by atoms with E-state index < -0.39 is 0 Å². The highest BCUT2D eigenvalue weighted by Crippen LogP contribution is 2.19. The maximum atomic E-state index is 12.3. The molecule has 1 amide bonds. The first-order chi connectivity index (χ1) is 10.1. The molecule has 0 spiro atoms. The monoisotopic (exact) mass is 291 g/mol. The van der Waals surface area contributed by atoms with Crippen LogP contribution < -0.4 is 11.1 Å². The van der Waals surface area contributed by atoms with Crippen LogP contribution >= 0.6 is 0 Å². The van der Waals surface area contributed by atoms with Gasteiger partial charge in [0.25, 0.3) is 0 Å². The predicted octanol–water partition coefficient (Wildman–Crippen LogP) is 1.18. The second-order valence-corrected chi connectivity index (χ2v) is 5.75. The van der Waals surface area contributed by atoms with Crippen LogP contribution in [0, 0.1) is 5.92 Å². The maximum Gasteiger partial charge on any atom is 0.241 e. The van der Waals surface area contributed by atoms with Crippen LogP contribution in [0.1, 0.15) is 25.3 Å². The number of nitrogens with two attached hydrogens (primary N) is 1. The number of nitrogens with one attached hydrogen (secondary N) is 1. The van der Waals surface area contributed by atoms with Crippen LogP contribution in [0.5, 0.6) is 0 Å². The number of aliphatic hydroxyl groups is 1. The summed E-state index contributed by atoms with van der Waals surface area (Å²) in [6, 6.07) is 7.40. The van der Waals surface area contributed by atoms with E-state index in [1.54, 1.807) is 0 Å². The van der Waals surface area contributed by atoms with E-state index in [2.05, 4.69) is 10.2 Å². The molecule has 4 N–H and O–H groups in total. The Morgan fingerprint density at radius 1 is 1.48 bits per heavy atom. The smallest absolute Gasteiger partial charge is 0.241 e. The lowest BCUT2D eigenvalue weighted by Crippen LogP contribution is -2.47. The number of amides is 1. The van der Waals surface area contributed by atoms with Crippen molar-refractivity contribution >= 4 is 11.6 Å². The molecule has 1 heterocycles. The van der Waals surface area contributed by atoms with Crippen molar-refractivity contribution in [2.24, 2.45) is 11.7 Å². The van der Waals surface area contributed by atoms with Crippen molar-refractivity contribution in [3.8, 4) is 0 Å². The predicted molar refractivity (Wildman–Crippen MR) is 83.8 cm³/mol. The van der Waals surface area contributed by atoms with Gasteiger partial charge in [0.05, 0.1) is 6.04 Å². The van der Waals surface area contributed by atoms with E-state index >= 15 is 0 Å². The normalized spacial score (nSPS) is 21.0. The van der Waals surface area contributed by atoms with E-state index in [0.29, 0.717) is 6.54 Å². The summed E-state index contributed by atoms with van der Waals surface area (Å²) in [7, 11) is 0. The van der Waals surface area contributed by atoms with E-state index in [9.17, 15) is 9.90 Å². The van der Waals surface area contributed by atoms with Gasteiger partial charge >= 0.3 is 0 Å². The van der Waals surface area contributed by atoms with Crippen LogP contribution in [0.2, 0.25) is 0 Å². The van der Waals surface area contributed by atoms with Crippen LogP contribution in [-0.4, -0.2) is 41.7 Å². The molecule has 1 aliphatic rings. The van der Waals surface area contributed by atoms with E-state index in [0.717, 1.165) is 37.2 Å². The number of hydrogen-bond acceptors (Lipinski definition) is 4. The molecule has 0 saturated carbocycles. The summed E-state index contributed by atoms with van der Waals surface area (Å²) < 4.78 is 0. The van der Waals surface area contributed by atoms with Gasteiger partial charge in [0, 0.05) is 25.4 Å². The number of benzene rings is 1. The zero-order valence-electron chi connectivity index (χ0n) is 12.6. The molecule has 1 aliphatic heterocycles. The van der Waals surface area contributed by atoms with Gasteiger partial charge in [0.1, 0.15) is 0 Å². The molecule has 2 unspecified atom stereocenters. The molecular weight excluding hydrogens is 266 g/mol. The van der Waals surface area contributed by atoms with Gasteiger partial charge < -0.3 is 16.2 Å². The number of carbonyl (C=O) groups is 1. The summed E-state index contributed by atoms with van der Waals surface area (Å²) in [5.74, 6) is 0.284. The Morgan fingerprint density at radius 3 is 2.81 bits per heavy atom. The molecule has 21 heavy (non-hydrogen) atoms. The Morgan fingerprint density at radius 2 is 2.19 bits per heavy atom. The van der Waals surface area contributed by atoms with Crippen LogP contribution in [-0.2, 0) is 11.3 Å². The fourth-order valence-electron chi connectivity index (χ4n) is 2.73. The average Bonchev–Trinajstić information content (AvgIpc) is 2.54. The number of aliphatic hydroxyl groups excluding tert-OH is 1. The number of rotatable bonds is 5. The molecular formula is C16H25N3O2. The van der Waals surface area contributed by atoms with Crippen LogP contribution in [0.4, 0.5) is 5.69 Å². The number of likely N-dealkylation sites (tertiary alicyclic amines) is 1.